The van der Waals surface area contributed by atoms with Crippen molar-refractivity contribution < 1.29 is 18.7 Å². The number of halogens is 1. The Labute approximate surface area is 165 Å². The lowest BCUT2D eigenvalue weighted by molar-refractivity contribution is -0.136. The van der Waals surface area contributed by atoms with Crippen LogP contribution in [0.25, 0.3) is 11.1 Å². The molecule has 0 aromatic heterocycles. The van der Waals surface area contributed by atoms with Gasteiger partial charge < -0.3 is 14.8 Å². The van der Waals surface area contributed by atoms with Crippen LogP contribution in [0.1, 0.15) is 18.4 Å². The molecule has 2 aromatic carbocycles. The zero-order chi connectivity index (χ0) is 20.0. The number of nitrogens with one attached hydrogen (secondary N) is 1. The van der Waals surface area contributed by atoms with Gasteiger partial charge in [0.15, 0.2) is 0 Å². The molecule has 148 valence electrons. The third-order valence-electron chi connectivity index (χ3n) is 5.34. The smallest absolute Gasteiger partial charge is 0.226 e. The van der Waals surface area contributed by atoms with Gasteiger partial charge in [-0.25, -0.2) is 4.39 Å². The lowest BCUT2D eigenvalue weighted by atomic mass is 9.73. The molecule has 0 aliphatic carbocycles. The van der Waals surface area contributed by atoms with Crippen molar-refractivity contribution >= 4 is 5.91 Å². The van der Waals surface area contributed by atoms with Gasteiger partial charge in [-0.15, -0.1) is 6.58 Å². The first-order valence-corrected chi connectivity index (χ1v) is 9.48. The van der Waals surface area contributed by atoms with E-state index in [9.17, 15) is 9.18 Å². The third-order valence-corrected chi connectivity index (χ3v) is 5.34. The van der Waals surface area contributed by atoms with Crippen LogP contribution >= 0.6 is 0 Å². The zero-order valence-corrected chi connectivity index (χ0v) is 16.2. The molecule has 1 aliphatic heterocycles. The van der Waals surface area contributed by atoms with Crippen LogP contribution in [0.3, 0.4) is 0 Å². The van der Waals surface area contributed by atoms with E-state index in [2.05, 4.69) is 11.9 Å². The molecule has 0 bridgehead atoms. The van der Waals surface area contributed by atoms with Gasteiger partial charge >= 0.3 is 0 Å². The summed E-state index contributed by atoms with van der Waals surface area (Å²) in [6.07, 6.45) is 3.51. The molecule has 3 rings (SSSR count). The maximum atomic E-state index is 14.0. The molecule has 5 heteroatoms. The van der Waals surface area contributed by atoms with Crippen LogP contribution in [0, 0.1) is 11.2 Å². The fraction of sp³-hybridized carbons (Fsp3) is 0.348. The van der Waals surface area contributed by atoms with Gasteiger partial charge in [0.05, 0.1) is 12.5 Å². The molecular weight excluding hydrogens is 357 g/mol. The molecule has 28 heavy (non-hydrogen) atoms. The molecule has 0 saturated carbocycles. The van der Waals surface area contributed by atoms with Gasteiger partial charge in [0.2, 0.25) is 5.91 Å². The monoisotopic (exact) mass is 383 g/mol. The van der Waals surface area contributed by atoms with Gasteiger partial charge in [0, 0.05) is 25.3 Å². The Hall–Kier alpha value is -2.66. The summed E-state index contributed by atoms with van der Waals surface area (Å²) in [4.78, 5) is 13.0. The first-order valence-electron chi connectivity index (χ1n) is 9.48. The average molecular weight is 383 g/mol. The average Bonchev–Trinajstić information content (AvgIpc) is 2.73. The number of carbonyl (C=O) groups excluding carboxylic acids is 1. The van der Waals surface area contributed by atoms with Crippen molar-refractivity contribution in [1.82, 2.24) is 5.32 Å². The van der Waals surface area contributed by atoms with E-state index in [1.54, 1.807) is 19.3 Å². The number of hydrogen-bond donors (Lipinski definition) is 1. The van der Waals surface area contributed by atoms with E-state index in [0.717, 1.165) is 11.1 Å². The molecule has 0 spiro atoms. The minimum absolute atomic E-state index is 0.0108. The van der Waals surface area contributed by atoms with E-state index >= 15 is 0 Å². The van der Waals surface area contributed by atoms with Gasteiger partial charge in [-0.1, -0.05) is 30.3 Å². The summed E-state index contributed by atoms with van der Waals surface area (Å²) in [5.74, 6) is 0.290. The van der Waals surface area contributed by atoms with Crippen LogP contribution in [-0.2, 0) is 16.0 Å². The summed E-state index contributed by atoms with van der Waals surface area (Å²) in [5.41, 5.74) is 1.99. The second kappa shape index (κ2) is 9.02. The molecule has 2 aromatic rings. The van der Waals surface area contributed by atoms with E-state index in [1.807, 2.05) is 24.3 Å². The van der Waals surface area contributed by atoms with Gasteiger partial charge in [-0.3, -0.25) is 4.79 Å². The number of benzene rings is 2. The van der Waals surface area contributed by atoms with Crippen LogP contribution < -0.4 is 10.1 Å². The highest BCUT2D eigenvalue weighted by Gasteiger charge is 2.40. The number of carbonyl (C=O) groups is 1. The van der Waals surface area contributed by atoms with Crippen LogP contribution in [0.4, 0.5) is 4.39 Å². The zero-order valence-electron chi connectivity index (χ0n) is 16.2. The summed E-state index contributed by atoms with van der Waals surface area (Å²) in [5, 5.41) is 2.96. The highest BCUT2D eigenvalue weighted by Crippen LogP contribution is 2.39. The lowest BCUT2D eigenvalue weighted by Crippen LogP contribution is -2.46. The van der Waals surface area contributed by atoms with E-state index in [0.29, 0.717) is 50.3 Å². The standard InChI is InChI=1S/C23H26FNO3/c1-3-12-25-22(26)23(10-13-28-14-11-23)16-17-6-4-5-7-19(17)20-15-18(24)8-9-21(20)27-2/h3-9,15H,1,10-14,16H2,2H3,(H,25,26). The van der Waals surface area contributed by atoms with Crippen molar-refractivity contribution in [2.75, 3.05) is 26.9 Å². The second-order valence-corrected chi connectivity index (χ2v) is 7.07. The number of methoxy groups -OCH3 is 1. The van der Waals surface area contributed by atoms with Crippen molar-refractivity contribution in [3.63, 3.8) is 0 Å². The van der Waals surface area contributed by atoms with Crippen molar-refractivity contribution in [3.8, 4) is 16.9 Å². The molecule has 0 atom stereocenters. The minimum atomic E-state index is -0.558. The van der Waals surface area contributed by atoms with Crippen LogP contribution in [0.2, 0.25) is 0 Å². The molecule has 1 heterocycles. The molecule has 1 fully saturated rings. The number of rotatable bonds is 7. The van der Waals surface area contributed by atoms with Crippen molar-refractivity contribution in [3.05, 3.63) is 66.5 Å². The normalized spacial score (nSPS) is 15.6. The Morgan fingerprint density at radius 2 is 2.00 bits per heavy atom. The number of hydrogen-bond acceptors (Lipinski definition) is 3. The van der Waals surface area contributed by atoms with E-state index in [-0.39, 0.29) is 11.7 Å². The molecule has 0 radical (unpaired) electrons. The minimum Gasteiger partial charge on any atom is -0.496 e. The fourth-order valence-corrected chi connectivity index (χ4v) is 3.79. The molecule has 1 saturated heterocycles. The summed E-state index contributed by atoms with van der Waals surface area (Å²) in [6.45, 7) is 5.21. The summed E-state index contributed by atoms with van der Waals surface area (Å²) in [7, 11) is 1.57. The maximum absolute atomic E-state index is 14.0. The maximum Gasteiger partial charge on any atom is 0.226 e. The Bertz CT molecular complexity index is 843. The Kier molecular flexibility index (Phi) is 6.47. The Balaban J connectivity index is 2.01. The predicted molar refractivity (Wildman–Crippen MR) is 108 cm³/mol. The van der Waals surface area contributed by atoms with Crippen molar-refractivity contribution in [1.29, 1.82) is 0 Å². The van der Waals surface area contributed by atoms with Gasteiger partial charge in [-0.05, 0) is 48.6 Å². The van der Waals surface area contributed by atoms with E-state index in [1.165, 1.54) is 12.1 Å². The van der Waals surface area contributed by atoms with E-state index in [4.69, 9.17) is 9.47 Å². The molecular formula is C23H26FNO3. The summed E-state index contributed by atoms with van der Waals surface area (Å²) >= 11 is 0. The molecule has 1 N–H and O–H groups in total. The van der Waals surface area contributed by atoms with Crippen molar-refractivity contribution in [2.24, 2.45) is 5.41 Å². The van der Waals surface area contributed by atoms with Gasteiger partial charge in [-0.2, -0.15) is 0 Å². The first kappa shape index (κ1) is 20.1. The third kappa shape index (κ3) is 4.25. The van der Waals surface area contributed by atoms with Crippen molar-refractivity contribution in [2.45, 2.75) is 19.3 Å². The van der Waals surface area contributed by atoms with E-state index < -0.39 is 5.41 Å². The lowest BCUT2D eigenvalue weighted by Gasteiger charge is -2.36. The van der Waals surface area contributed by atoms with Crippen LogP contribution in [-0.4, -0.2) is 32.8 Å². The number of amides is 1. The quantitative estimate of drug-likeness (QED) is 0.731. The largest absolute Gasteiger partial charge is 0.496 e. The van der Waals surface area contributed by atoms with Gasteiger partial charge in [0.1, 0.15) is 11.6 Å². The Morgan fingerprint density at radius 1 is 1.25 bits per heavy atom. The first-order chi connectivity index (χ1) is 13.6. The van der Waals surface area contributed by atoms with Crippen LogP contribution in [0.15, 0.2) is 55.1 Å². The SMILES string of the molecule is C=CCNC(=O)C1(Cc2ccccc2-c2cc(F)ccc2OC)CCOCC1. The highest BCUT2D eigenvalue weighted by molar-refractivity contribution is 5.84. The van der Waals surface area contributed by atoms with Crippen LogP contribution in [0.5, 0.6) is 5.75 Å². The van der Waals surface area contributed by atoms with Gasteiger partial charge in [0.25, 0.3) is 0 Å². The topological polar surface area (TPSA) is 47.6 Å². The Morgan fingerprint density at radius 3 is 2.71 bits per heavy atom. The summed E-state index contributed by atoms with van der Waals surface area (Å²) < 4.78 is 24.9. The second-order valence-electron chi connectivity index (χ2n) is 7.07. The fourth-order valence-electron chi connectivity index (χ4n) is 3.79. The molecule has 1 amide bonds. The molecule has 4 nitrogen and oxygen atoms in total. The predicted octanol–water partition coefficient (Wildman–Crippen LogP) is 4.14. The molecule has 0 unspecified atom stereocenters. The summed E-state index contributed by atoms with van der Waals surface area (Å²) in [6, 6.07) is 12.3. The number of ether oxygens (including phenoxy) is 2. The highest BCUT2D eigenvalue weighted by atomic mass is 19.1. The molecule has 1 aliphatic rings.